The number of fused-ring (bicyclic) bond motifs is 1. The van der Waals surface area contributed by atoms with E-state index in [-0.39, 0.29) is 28.8 Å². The number of phenols is 1. The first-order valence-corrected chi connectivity index (χ1v) is 11.2. The number of carbonyl (C=O) groups is 1. The van der Waals surface area contributed by atoms with Crippen molar-refractivity contribution in [2.75, 3.05) is 12.4 Å². The Labute approximate surface area is 213 Å². The van der Waals surface area contributed by atoms with Crippen LogP contribution in [0.1, 0.15) is 35.7 Å². The molecular formula is C25H19F4N3O4S. The van der Waals surface area contributed by atoms with Gasteiger partial charge >= 0.3 is 0 Å². The number of aromatic hydroxyl groups is 1. The number of rotatable bonds is 5. The number of halogens is 4. The first kappa shape index (κ1) is 25.9. The van der Waals surface area contributed by atoms with E-state index in [2.05, 4.69) is 15.0 Å². The lowest BCUT2D eigenvalue weighted by Crippen LogP contribution is -2.35. The second-order valence-electron chi connectivity index (χ2n) is 8.21. The summed E-state index contributed by atoms with van der Waals surface area (Å²) in [6.07, 6.45) is 0. The normalized spacial score (nSPS) is 11.1. The molecule has 37 heavy (non-hydrogen) atoms. The van der Waals surface area contributed by atoms with Crippen LogP contribution in [0.3, 0.4) is 0 Å². The monoisotopic (exact) mass is 533 g/mol. The van der Waals surface area contributed by atoms with Gasteiger partial charge in [-0.25, -0.2) is 13.8 Å². The summed E-state index contributed by atoms with van der Waals surface area (Å²) in [4.78, 5) is 16.8. The summed E-state index contributed by atoms with van der Waals surface area (Å²) in [5, 5.41) is 14.4. The highest BCUT2D eigenvalue weighted by molar-refractivity contribution is 7.80. The molecule has 3 aromatic carbocycles. The van der Waals surface area contributed by atoms with Gasteiger partial charge in [-0.3, -0.25) is 10.1 Å². The predicted molar refractivity (Wildman–Crippen MR) is 132 cm³/mol. The van der Waals surface area contributed by atoms with Crippen molar-refractivity contribution < 1.29 is 36.6 Å². The molecule has 0 radical (unpaired) electrons. The second-order valence-corrected chi connectivity index (χ2v) is 8.61. The lowest BCUT2D eigenvalue weighted by atomic mass is 10.0. The van der Waals surface area contributed by atoms with Crippen LogP contribution in [0.5, 0.6) is 11.5 Å². The summed E-state index contributed by atoms with van der Waals surface area (Å²) in [7, 11) is 0.814. The highest BCUT2D eigenvalue weighted by atomic mass is 32.1. The van der Waals surface area contributed by atoms with Gasteiger partial charge in [0.1, 0.15) is 16.8 Å². The van der Waals surface area contributed by atoms with E-state index < -0.39 is 45.6 Å². The van der Waals surface area contributed by atoms with E-state index in [1.807, 2.05) is 31.3 Å². The van der Waals surface area contributed by atoms with Gasteiger partial charge in [0.05, 0.1) is 12.7 Å². The number of hydrogen-bond donors (Lipinski definition) is 3. The molecule has 0 aliphatic heterocycles. The third kappa shape index (κ3) is 4.92. The van der Waals surface area contributed by atoms with Gasteiger partial charge < -0.3 is 19.6 Å². The molecule has 0 bridgehead atoms. The molecule has 0 fully saturated rings. The van der Waals surface area contributed by atoms with E-state index in [0.717, 1.165) is 12.7 Å². The third-order valence-corrected chi connectivity index (χ3v) is 5.65. The Morgan fingerprint density at radius 3 is 2.35 bits per heavy atom. The topological polar surface area (TPSA) is 96.6 Å². The molecule has 1 aromatic heterocycles. The Kier molecular flexibility index (Phi) is 7.03. The van der Waals surface area contributed by atoms with Gasteiger partial charge in [0.25, 0.3) is 5.91 Å². The van der Waals surface area contributed by atoms with Gasteiger partial charge in [-0.15, -0.1) is 0 Å². The molecule has 0 unspecified atom stereocenters. The van der Waals surface area contributed by atoms with Crippen molar-refractivity contribution in [3.63, 3.8) is 0 Å². The smallest absolute Gasteiger partial charge is 0.263 e. The molecule has 4 rings (SSSR count). The lowest BCUT2D eigenvalue weighted by molar-refractivity contribution is 0.0966. The lowest BCUT2D eigenvalue weighted by Gasteiger charge is -2.13. The van der Waals surface area contributed by atoms with Crippen LogP contribution in [0.15, 0.2) is 40.8 Å². The zero-order chi connectivity index (χ0) is 27.0. The van der Waals surface area contributed by atoms with E-state index in [0.29, 0.717) is 11.1 Å². The van der Waals surface area contributed by atoms with E-state index in [1.165, 1.54) is 18.2 Å². The molecule has 0 aliphatic carbocycles. The fourth-order valence-electron chi connectivity index (χ4n) is 3.52. The van der Waals surface area contributed by atoms with Crippen molar-refractivity contribution in [3.05, 3.63) is 70.8 Å². The van der Waals surface area contributed by atoms with Gasteiger partial charge in [-0.05, 0) is 54.0 Å². The Morgan fingerprint density at radius 2 is 1.73 bits per heavy atom. The molecule has 1 amide bonds. The van der Waals surface area contributed by atoms with Crippen molar-refractivity contribution in [1.82, 2.24) is 10.3 Å². The number of thiocarbonyl (C=S) groups is 1. The molecule has 1 heterocycles. The summed E-state index contributed by atoms with van der Waals surface area (Å²) >= 11 is 5.00. The van der Waals surface area contributed by atoms with Crippen LogP contribution in [0.25, 0.3) is 22.6 Å². The molecule has 0 saturated heterocycles. The Morgan fingerprint density at radius 1 is 1.05 bits per heavy atom. The van der Waals surface area contributed by atoms with Crippen molar-refractivity contribution in [2.45, 2.75) is 19.8 Å². The summed E-state index contributed by atoms with van der Waals surface area (Å²) in [5.41, 5.74) is 1.05. The highest BCUT2D eigenvalue weighted by Crippen LogP contribution is 2.34. The Balaban J connectivity index is 1.57. The molecular weight excluding hydrogens is 514 g/mol. The number of carbonyl (C=O) groups excluding carboxylic acids is 1. The third-order valence-electron chi connectivity index (χ3n) is 5.44. The van der Waals surface area contributed by atoms with Crippen LogP contribution >= 0.6 is 12.2 Å². The van der Waals surface area contributed by atoms with Crippen LogP contribution in [-0.4, -0.2) is 28.2 Å². The summed E-state index contributed by atoms with van der Waals surface area (Å²) < 4.78 is 66.4. The maximum Gasteiger partial charge on any atom is 0.263 e. The van der Waals surface area contributed by atoms with Gasteiger partial charge in [0.15, 0.2) is 28.1 Å². The van der Waals surface area contributed by atoms with E-state index in [9.17, 15) is 27.5 Å². The first-order valence-electron chi connectivity index (χ1n) is 10.8. The van der Waals surface area contributed by atoms with Gasteiger partial charge in [0, 0.05) is 5.69 Å². The molecule has 192 valence electrons. The molecule has 3 N–H and O–H groups in total. The Bertz CT molecular complexity index is 1530. The van der Waals surface area contributed by atoms with Crippen LogP contribution in [0.2, 0.25) is 0 Å². The van der Waals surface area contributed by atoms with Crippen molar-refractivity contribution >= 4 is 40.0 Å². The summed E-state index contributed by atoms with van der Waals surface area (Å²) in [6.45, 7) is 4.07. The molecule has 4 aromatic rings. The zero-order valence-corrected chi connectivity index (χ0v) is 20.4. The summed E-state index contributed by atoms with van der Waals surface area (Å²) in [6, 6.07) is 9.67. The number of methoxy groups -OCH3 is 1. The minimum absolute atomic E-state index is 0.111. The van der Waals surface area contributed by atoms with Crippen LogP contribution in [0, 0.1) is 23.3 Å². The largest absolute Gasteiger partial charge is 0.507 e. The maximum absolute atomic E-state index is 14.2. The number of amides is 1. The van der Waals surface area contributed by atoms with Crippen LogP contribution in [0.4, 0.5) is 23.2 Å². The fraction of sp³-hybridized carbons (Fsp3) is 0.160. The maximum atomic E-state index is 14.2. The van der Waals surface area contributed by atoms with Crippen molar-refractivity contribution in [2.24, 2.45) is 0 Å². The van der Waals surface area contributed by atoms with E-state index >= 15 is 0 Å². The zero-order valence-electron chi connectivity index (χ0n) is 19.6. The van der Waals surface area contributed by atoms with Crippen molar-refractivity contribution in [3.8, 4) is 23.0 Å². The second kappa shape index (κ2) is 10.1. The highest BCUT2D eigenvalue weighted by Gasteiger charge is 2.30. The molecule has 0 aliphatic rings. The molecule has 0 atom stereocenters. The molecule has 0 spiro atoms. The number of nitrogens with zero attached hydrogens (tertiary/aromatic N) is 1. The summed E-state index contributed by atoms with van der Waals surface area (Å²) in [5.74, 6) is -10.2. The number of oxazole rings is 1. The number of benzene rings is 3. The quantitative estimate of drug-likeness (QED) is 0.125. The fourth-order valence-corrected chi connectivity index (χ4v) is 3.73. The van der Waals surface area contributed by atoms with Crippen LogP contribution in [-0.2, 0) is 0 Å². The predicted octanol–water partition coefficient (Wildman–Crippen LogP) is 6.02. The number of phenolic OH excluding ortho intramolecular Hbond substituents is 1. The minimum Gasteiger partial charge on any atom is -0.507 e. The Hall–Kier alpha value is -4.19. The first-order chi connectivity index (χ1) is 17.5. The van der Waals surface area contributed by atoms with Crippen LogP contribution < -0.4 is 15.4 Å². The van der Waals surface area contributed by atoms with Gasteiger partial charge in [0.2, 0.25) is 17.5 Å². The van der Waals surface area contributed by atoms with E-state index in [1.54, 1.807) is 6.07 Å². The van der Waals surface area contributed by atoms with Gasteiger partial charge in [-0.2, -0.15) is 8.78 Å². The average molecular weight is 534 g/mol. The number of aromatic nitrogens is 1. The minimum atomic E-state index is -1.94. The SMILES string of the molecule is COc1c(F)c(F)c(C(=O)NC(=S)Nc2ccc(O)c(-c3nc4cc(C(C)C)ccc4o3)c2)c(F)c1F. The number of ether oxygens (including phenoxy) is 1. The molecule has 12 heteroatoms. The van der Waals surface area contributed by atoms with Crippen molar-refractivity contribution in [1.29, 1.82) is 0 Å². The number of nitrogens with one attached hydrogen (secondary N) is 2. The molecule has 0 saturated carbocycles. The standard InChI is InChI=1S/C25H19F4N3O4S/c1-10(2)11-4-7-16-14(8-11)31-24(36-16)13-9-12(5-6-15(13)33)30-25(37)32-23(34)17-18(26)20(28)22(35-3)21(29)19(17)27/h4-10,33H,1-3H3,(H2,30,32,34,37). The molecule has 7 nitrogen and oxygen atoms in total. The number of hydrogen-bond acceptors (Lipinski definition) is 6. The van der Waals surface area contributed by atoms with E-state index in [4.69, 9.17) is 16.6 Å². The average Bonchev–Trinajstić information content (AvgIpc) is 3.27. The van der Waals surface area contributed by atoms with Gasteiger partial charge in [-0.1, -0.05) is 19.9 Å². The number of anilines is 1.